The highest BCUT2D eigenvalue weighted by atomic mass is 16.3. The number of nitrogens with zero attached hydrogens (tertiary/aromatic N) is 1. The van der Waals surface area contributed by atoms with E-state index in [1.807, 2.05) is 0 Å². The molecule has 1 fully saturated rings. The Labute approximate surface area is 111 Å². The second-order valence-electron chi connectivity index (χ2n) is 5.50. The van der Waals surface area contributed by atoms with E-state index < -0.39 is 0 Å². The van der Waals surface area contributed by atoms with Gasteiger partial charge in [-0.2, -0.15) is 0 Å². The molecular formula is C15H26N2O. The van der Waals surface area contributed by atoms with E-state index in [1.165, 1.54) is 32.2 Å². The Morgan fingerprint density at radius 2 is 2.00 bits per heavy atom. The van der Waals surface area contributed by atoms with Gasteiger partial charge in [0, 0.05) is 6.54 Å². The van der Waals surface area contributed by atoms with Crippen molar-refractivity contribution in [2.24, 2.45) is 5.92 Å². The van der Waals surface area contributed by atoms with Crippen LogP contribution < -0.4 is 5.32 Å². The summed E-state index contributed by atoms with van der Waals surface area (Å²) < 4.78 is 5.82. The van der Waals surface area contributed by atoms with E-state index >= 15 is 0 Å². The van der Waals surface area contributed by atoms with Crippen LogP contribution in [-0.4, -0.2) is 25.0 Å². The van der Waals surface area contributed by atoms with Crippen LogP contribution >= 0.6 is 0 Å². The van der Waals surface area contributed by atoms with E-state index in [0.29, 0.717) is 0 Å². The first-order valence-electron chi connectivity index (χ1n) is 7.24. The Hall–Kier alpha value is -0.800. The van der Waals surface area contributed by atoms with Gasteiger partial charge in [-0.05, 0) is 44.5 Å². The third-order valence-electron chi connectivity index (χ3n) is 3.74. The maximum Gasteiger partial charge on any atom is 0.118 e. The molecule has 1 aliphatic rings. The van der Waals surface area contributed by atoms with Crippen LogP contribution in [0.25, 0.3) is 0 Å². The summed E-state index contributed by atoms with van der Waals surface area (Å²) >= 11 is 0. The lowest BCUT2D eigenvalue weighted by atomic mass is 10.1. The molecule has 1 N–H and O–H groups in total. The molecule has 1 aromatic rings. The molecule has 0 unspecified atom stereocenters. The van der Waals surface area contributed by atoms with Crippen LogP contribution in [-0.2, 0) is 13.1 Å². The van der Waals surface area contributed by atoms with Crippen LogP contribution in [0.4, 0.5) is 0 Å². The highest BCUT2D eigenvalue weighted by Gasteiger charge is 2.17. The zero-order valence-electron chi connectivity index (χ0n) is 11.7. The van der Waals surface area contributed by atoms with E-state index in [4.69, 9.17) is 4.42 Å². The van der Waals surface area contributed by atoms with Crippen molar-refractivity contribution in [3.8, 4) is 0 Å². The number of rotatable bonds is 7. The van der Waals surface area contributed by atoms with Crippen LogP contribution in [0, 0.1) is 5.92 Å². The Bertz CT molecular complexity index is 342. The predicted octanol–water partition coefficient (Wildman–Crippen LogP) is 3.01. The van der Waals surface area contributed by atoms with Gasteiger partial charge in [0.05, 0.1) is 13.1 Å². The Kier molecular flexibility index (Phi) is 5.26. The van der Waals surface area contributed by atoms with Crippen molar-refractivity contribution in [3.63, 3.8) is 0 Å². The smallest absolute Gasteiger partial charge is 0.118 e. The summed E-state index contributed by atoms with van der Waals surface area (Å²) in [6.07, 6.45) is 5.67. The second kappa shape index (κ2) is 6.95. The van der Waals surface area contributed by atoms with Gasteiger partial charge < -0.3 is 9.73 Å². The van der Waals surface area contributed by atoms with Gasteiger partial charge in [0.15, 0.2) is 0 Å². The highest BCUT2D eigenvalue weighted by molar-refractivity contribution is 5.07. The van der Waals surface area contributed by atoms with Crippen molar-refractivity contribution < 1.29 is 4.42 Å². The minimum atomic E-state index is 0.836. The second-order valence-corrected chi connectivity index (χ2v) is 5.50. The van der Waals surface area contributed by atoms with Crippen LogP contribution in [0.5, 0.6) is 0 Å². The summed E-state index contributed by atoms with van der Waals surface area (Å²) in [6, 6.07) is 4.19. The summed E-state index contributed by atoms with van der Waals surface area (Å²) in [5.41, 5.74) is 0. The van der Waals surface area contributed by atoms with Crippen LogP contribution in [0.2, 0.25) is 0 Å². The lowest BCUT2D eigenvalue weighted by molar-refractivity contribution is 0.248. The fourth-order valence-corrected chi connectivity index (χ4v) is 2.81. The van der Waals surface area contributed by atoms with Gasteiger partial charge in [-0.15, -0.1) is 0 Å². The molecule has 1 heterocycles. The molecule has 3 heteroatoms. The quantitative estimate of drug-likeness (QED) is 0.806. The first-order chi connectivity index (χ1) is 8.78. The maximum absolute atomic E-state index is 5.82. The number of hydrogen-bond donors (Lipinski definition) is 1. The summed E-state index contributed by atoms with van der Waals surface area (Å²) in [6.45, 7) is 6.07. The lowest BCUT2D eigenvalue weighted by Crippen LogP contribution is -2.23. The van der Waals surface area contributed by atoms with Gasteiger partial charge in [-0.1, -0.05) is 19.8 Å². The maximum atomic E-state index is 5.82. The summed E-state index contributed by atoms with van der Waals surface area (Å²) in [5, 5.41) is 3.28. The fraction of sp³-hybridized carbons (Fsp3) is 0.733. The van der Waals surface area contributed by atoms with E-state index in [1.54, 1.807) is 0 Å². The Morgan fingerprint density at radius 3 is 2.72 bits per heavy atom. The van der Waals surface area contributed by atoms with E-state index in [9.17, 15) is 0 Å². The van der Waals surface area contributed by atoms with Crippen LogP contribution in [0.15, 0.2) is 16.5 Å². The van der Waals surface area contributed by atoms with E-state index in [0.717, 1.165) is 37.1 Å². The molecule has 0 aliphatic heterocycles. The van der Waals surface area contributed by atoms with Crippen LogP contribution in [0.1, 0.15) is 44.1 Å². The van der Waals surface area contributed by atoms with Crippen LogP contribution in [0.3, 0.4) is 0 Å². The van der Waals surface area contributed by atoms with Gasteiger partial charge in [-0.3, -0.25) is 4.90 Å². The third-order valence-corrected chi connectivity index (χ3v) is 3.74. The molecule has 1 aromatic heterocycles. The molecule has 2 rings (SSSR count). The molecule has 1 saturated carbocycles. The molecule has 18 heavy (non-hydrogen) atoms. The predicted molar refractivity (Wildman–Crippen MR) is 74.4 cm³/mol. The monoisotopic (exact) mass is 250 g/mol. The largest absolute Gasteiger partial charge is 0.463 e. The van der Waals surface area contributed by atoms with Gasteiger partial charge in [0.1, 0.15) is 11.5 Å². The molecule has 0 atom stereocenters. The topological polar surface area (TPSA) is 28.4 Å². The molecule has 0 aromatic carbocycles. The first-order valence-corrected chi connectivity index (χ1v) is 7.24. The summed E-state index contributed by atoms with van der Waals surface area (Å²) in [4.78, 5) is 2.39. The summed E-state index contributed by atoms with van der Waals surface area (Å²) in [5.74, 6) is 3.04. The Balaban J connectivity index is 1.75. The molecule has 0 radical (unpaired) electrons. The molecule has 0 amide bonds. The number of hydrogen-bond acceptors (Lipinski definition) is 3. The molecule has 0 spiro atoms. The fourth-order valence-electron chi connectivity index (χ4n) is 2.81. The minimum absolute atomic E-state index is 0.836. The average Bonchev–Trinajstić information content (AvgIpc) is 2.98. The average molecular weight is 250 g/mol. The normalized spacial score (nSPS) is 16.8. The SMILES string of the molecule is CCNCc1ccc(CN(C)CC2CCCC2)o1. The van der Waals surface area contributed by atoms with Crippen molar-refractivity contribution in [1.29, 1.82) is 0 Å². The van der Waals surface area contributed by atoms with E-state index in [-0.39, 0.29) is 0 Å². The van der Waals surface area contributed by atoms with Gasteiger partial charge >= 0.3 is 0 Å². The zero-order valence-corrected chi connectivity index (χ0v) is 11.7. The van der Waals surface area contributed by atoms with Crippen molar-refractivity contribution in [1.82, 2.24) is 10.2 Å². The van der Waals surface area contributed by atoms with Crippen molar-refractivity contribution in [2.45, 2.75) is 45.7 Å². The molecule has 0 bridgehead atoms. The van der Waals surface area contributed by atoms with Gasteiger partial charge in [-0.25, -0.2) is 0 Å². The van der Waals surface area contributed by atoms with Crippen molar-refractivity contribution >= 4 is 0 Å². The van der Waals surface area contributed by atoms with Gasteiger partial charge in [0.25, 0.3) is 0 Å². The van der Waals surface area contributed by atoms with Crippen molar-refractivity contribution in [2.75, 3.05) is 20.1 Å². The zero-order chi connectivity index (χ0) is 12.8. The van der Waals surface area contributed by atoms with Crippen molar-refractivity contribution in [3.05, 3.63) is 23.7 Å². The number of furan rings is 1. The molecule has 1 aliphatic carbocycles. The highest BCUT2D eigenvalue weighted by Crippen LogP contribution is 2.25. The Morgan fingerprint density at radius 1 is 1.28 bits per heavy atom. The number of nitrogens with one attached hydrogen (secondary N) is 1. The standard InChI is InChI=1S/C15H26N2O/c1-3-16-10-14-8-9-15(18-14)12-17(2)11-13-6-4-5-7-13/h8-9,13,16H,3-7,10-12H2,1-2H3. The first kappa shape index (κ1) is 13.6. The minimum Gasteiger partial charge on any atom is -0.463 e. The molecule has 3 nitrogen and oxygen atoms in total. The summed E-state index contributed by atoms with van der Waals surface area (Å²) in [7, 11) is 2.20. The van der Waals surface area contributed by atoms with E-state index in [2.05, 4.69) is 36.3 Å². The molecule has 102 valence electrons. The molecule has 0 saturated heterocycles. The molecular weight excluding hydrogens is 224 g/mol. The van der Waals surface area contributed by atoms with Gasteiger partial charge in [0.2, 0.25) is 0 Å². The third kappa shape index (κ3) is 4.14. The lowest BCUT2D eigenvalue weighted by Gasteiger charge is -2.19.